The van der Waals surface area contributed by atoms with Crippen molar-refractivity contribution in [2.24, 2.45) is 0 Å². The van der Waals surface area contributed by atoms with Crippen LogP contribution in [0.15, 0.2) is 11.2 Å². The molecule has 0 amide bonds. The Morgan fingerprint density at radius 3 is 2.69 bits per heavy atom. The summed E-state index contributed by atoms with van der Waals surface area (Å²) in [4.78, 5) is 6.51. The zero-order valence-corrected chi connectivity index (χ0v) is 9.84. The molecule has 0 spiro atoms. The van der Waals surface area contributed by atoms with Gasteiger partial charge in [-0.3, -0.25) is 0 Å². The molecule has 2 rings (SSSR count). The average molecular weight is 245 g/mol. The first-order valence-electron chi connectivity index (χ1n) is 5.14. The molecule has 0 unspecified atom stereocenters. The number of aliphatic hydroxyl groups is 1. The summed E-state index contributed by atoms with van der Waals surface area (Å²) in [7, 11) is -3.60. The fourth-order valence-corrected chi connectivity index (χ4v) is 3.19. The highest BCUT2D eigenvalue weighted by Crippen LogP contribution is 2.32. The number of imidazole rings is 1. The highest BCUT2D eigenvalue weighted by Gasteiger charge is 2.40. The van der Waals surface area contributed by atoms with Crippen LogP contribution in [-0.2, 0) is 10.0 Å². The van der Waals surface area contributed by atoms with Gasteiger partial charge in [-0.15, -0.1) is 0 Å². The molecular weight excluding hydrogens is 230 g/mol. The van der Waals surface area contributed by atoms with E-state index in [9.17, 15) is 13.5 Å². The van der Waals surface area contributed by atoms with Gasteiger partial charge in [-0.1, -0.05) is 0 Å². The highest BCUT2D eigenvalue weighted by molar-refractivity contribution is 7.89. The summed E-state index contributed by atoms with van der Waals surface area (Å²) in [5.74, 6) is 0.548. The second-order valence-electron chi connectivity index (χ2n) is 4.23. The molecule has 1 heterocycles. The molecule has 6 nitrogen and oxygen atoms in total. The van der Waals surface area contributed by atoms with Crippen LogP contribution in [0.1, 0.15) is 25.1 Å². The Bertz CT molecular complexity index is 470. The van der Waals surface area contributed by atoms with Crippen molar-refractivity contribution >= 4 is 10.0 Å². The number of aromatic amines is 1. The van der Waals surface area contributed by atoms with Crippen LogP contribution in [0.5, 0.6) is 0 Å². The Morgan fingerprint density at radius 2 is 2.31 bits per heavy atom. The molecule has 7 heteroatoms. The normalized spacial score (nSPS) is 19.4. The van der Waals surface area contributed by atoms with Gasteiger partial charge >= 0.3 is 0 Å². The second-order valence-corrected chi connectivity index (χ2v) is 5.88. The number of hydrogen-bond donors (Lipinski definition) is 3. The quantitative estimate of drug-likeness (QED) is 0.691. The maximum absolute atomic E-state index is 11.9. The van der Waals surface area contributed by atoms with E-state index in [4.69, 9.17) is 0 Å². The Labute approximate surface area is 94.1 Å². The maximum Gasteiger partial charge on any atom is 0.258 e. The van der Waals surface area contributed by atoms with Gasteiger partial charge in [0, 0.05) is 0 Å². The molecule has 0 aliphatic heterocycles. The number of nitrogens with one attached hydrogen (secondary N) is 2. The molecule has 0 bridgehead atoms. The smallest absolute Gasteiger partial charge is 0.258 e. The third-order valence-corrected chi connectivity index (χ3v) is 4.42. The van der Waals surface area contributed by atoms with Crippen LogP contribution >= 0.6 is 0 Å². The zero-order chi connectivity index (χ0) is 11.8. The molecule has 1 aromatic rings. The van der Waals surface area contributed by atoms with Gasteiger partial charge in [-0.05, 0) is 26.2 Å². The molecule has 1 fully saturated rings. The minimum atomic E-state index is -3.60. The summed E-state index contributed by atoms with van der Waals surface area (Å²) in [5, 5.41) is 9.25. The van der Waals surface area contributed by atoms with E-state index < -0.39 is 15.6 Å². The number of aromatic nitrogens is 2. The van der Waals surface area contributed by atoms with Crippen molar-refractivity contribution in [1.29, 1.82) is 0 Å². The van der Waals surface area contributed by atoms with Gasteiger partial charge in [-0.2, -0.15) is 0 Å². The van der Waals surface area contributed by atoms with Crippen molar-refractivity contribution in [3.8, 4) is 0 Å². The summed E-state index contributed by atoms with van der Waals surface area (Å²) in [6.07, 6.45) is 3.57. The Morgan fingerprint density at radius 1 is 1.62 bits per heavy atom. The van der Waals surface area contributed by atoms with Crippen molar-refractivity contribution in [2.45, 2.75) is 36.8 Å². The van der Waals surface area contributed by atoms with E-state index in [-0.39, 0.29) is 11.6 Å². The Hall–Kier alpha value is -0.920. The number of hydrogen-bond acceptors (Lipinski definition) is 4. The monoisotopic (exact) mass is 245 g/mol. The van der Waals surface area contributed by atoms with Crippen LogP contribution in [-0.4, -0.2) is 35.6 Å². The molecule has 1 aliphatic rings. The van der Waals surface area contributed by atoms with Crippen molar-refractivity contribution in [3.63, 3.8) is 0 Å². The third-order valence-electron chi connectivity index (χ3n) is 2.93. The maximum atomic E-state index is 11.9. The van der Waals surface area contributed by atoms with E-state index in [0.29, 0.717) is 18.7 Å². The average Bonchev–Trinajstić information content (AvgIpc) is 2.59. The van der Waals surface area contributed by atoms with Crippen molar-refractivity contribution in [1.82, 2.24) is 14.7 Å². The SMILES string of the molecule is Cc1ncc(S(=O)(=O)NC2(CO)CCC2)[nH]1. The van der Waals surface area contributed by atoms with Crippen LogP contribution < -0.4 is 4.72 Å². The van der Waals surface area contributed by atoms with Gasteiger partial charge in [0.1, 0.15) is 5.82 Å². The number of aliphatic hydroxyl groups excluding tert-OH is 1. The summed E-state index contributed by atoms with van der Waals surface area (Å²) in [5.41, 5.74) is -0.669. The second kappa shape index (κ2) is 3.83. The van der Waals surface area contributed by atoms with E-state index >= 15 is 0 Å². The van der Waals surface area contributed by atoms with Gasteiger partial charge in [-0.25, -0.2) is 18.1 Å². The molecule has 1 aromatic heterocycles. The molecule has 0 saturated heterocycles. The van der Waals surface area contributed by atoms with Crippen LogP contribution in [0.3, 0.4) is 0 Å². The van der Waals surface area contributed by atoms with E-state index in [1.807, 2.05) is 0 Å². The molecule has 1 saturated carbocycles. The molecule has 0 aromatic carbocycles. The third kappa shape index (κ3) is 1.98. The Kier molecular flexibility index (Phi) is 2.77. The predicted molar refractivity (Wildman–Crippen MR) is 57.3 cm³/mol. The molecule has 0 radical (unpaired) electrons. The van der Waals surface area contributed by atoms with Crippen LogP contribution in [0.4, 0.5) is 0 Å². The lowest BCUT2D eigenvalue weighted by Gasteiger charge is -2.40. The molecule has 0 atom stereocenters. The van der Waals surface area contributed by atoms with E-state index in [1.165, 1.54) is 6.20 Å². The minimum Gasteiger partial charge on any atom is -0.394 e. The van der Waals surface area contributed by atoms with Crippen LogP contribution in [0.25, 0.3) is 0 Å². The molecule has 16 heavy (non-hydrogen) atoms. The molecule has 1 aliphatic carbocycles. The van der Waals surface area contributed by atoms with E-state index in [0.717, 1.165) is 6.42 Å². The first-order valence-corrected chi connectivity index (χ1v) is 6.62. The fraction of sp³-hybridized carbons (Fsp3) is 0.667. The van der Waals surface area contributed by atoms with Crippen molar-refractivity contribution in [2.75, 3.05) is 6.61 Å². The lowest BCUT2D eigenvalue weighted by molar-refractivity contribution is 0.110. The Balaban J connectivity index is 2.20. The van der Waals surface area contributed by atoms with Crippen LogP contribution in [0, 0.1) is 6.92 Å². The van der Waals surface area contributed by atoms with Gasteiger partial charge < -0.3 is 10.1 Å². The van der Waals surface area contributed by atoms with Gasteiger partial charge in [0.15, 0.2) is 5.03 Å². The standard InChI is InChI=1S/C9H15N3O3S/c1-7-10-5-8(11-7)16(14,15)12-9(6-13)3-2-4-9/h5,12-13H,2-4,6H2,1H3,(H,10,11). The summed E-state index contributed by atoms with van der Waals surface area (Å²) in [6, 6.07) is 0. The van der Waals surface area contributed by atoms with Gasteiger partial charge in [0.05, 0.1) is 18.3 Å². The first-order chi connectivity index (χ1) is 7.47. The zero-order valence-electron chi connectivity index (χ0n) is 9.02. The van der Waals surface area contributed by atoms with E-state index in [1.54, 1.807) is 6.92 Å². The number of nitrogens with zero attached hydrogens (tertiary/aromatic N) is 1. The number of aryl methyl sites for hydroxylation is 1. The fourth-order valence-electron chi connectivity index (χ4n) is 1.77. The summed E-state index contributed by atoms with van der Waals surface area (Å²) >= 11 is 0. The molecule has 3 N–H and O–H groups in total. The van der Waals surface area contributed by atoms with Gasteiger partial charge in [0.2, 0.25) is 0 Å². The lowest BCUT2D eigenvalue weighted by atomic mass is 9.78. The van der Waals surface area contributed by atoms with E-state index in [2.05, 4.69) is 14.7 Å². The summed E-state index contributed by atoms with van der Waals surface area (Å²) in [6.45, 7) is 1.52. The summed E-state index contributed by atoms with van der Waals surface area (Å²) < 4.78 is 26.4. The number of rotatable bonds is 4. The highest BCUT2D eigenvalue weighted by atomic mass is 32.2. The predicted octanol–water partition coefficient (Wildman–Crippen LogP) is -0.0886. The largest absolute Gasteiger partial charge is 0.394 e. The van der Waals surface area contributed by atoms with Crippen molar-refractivity contribution < 1.29 is 13.5 Å². The number of sulfonamides is 1. The van der Waals surface area contributed by atoms with Crippen LogP contribution in [0.2, 0.25) is 0 Å². The lowest BCUT2D eigenvalue weighted by Crippen LogP contribution is -2.56. The minimum absolute atomic E-state index is 0.0460. The topological polar surface area (TPSA) is 95.1 Å². The molecule has 90 valence electrons. The first kappa shape index (κ1) is 11.6. The molecular formula is C9H15N3O3S. The van der Waals surface area contributed by atoms with Gasteiger partial charge in [0.25, 0.3) is 10.0 Å². The van der Waals surface area contributed by atoms with Crippen molar-refractivity contribution in [3.05, 3.63) is 12.0 Å². The number of H-pyrrole nitrogens is 1.